The lowest BCUT2D eigenvalue weighted by Gasteiger charge is -2.26. The first kappa shape index (κ1) is 18.5. The third-order valence-corrected chi connectivity index (χ3v) is 4.81. The molecule has 1 fully saturated rings. The Morgan fingerprint density at radius 1 is 1.11 bits per heavy atom. The Labute approximate surface area is 161 Å². The number of non-ortho nitro benzene ring substituents is 1. The molecule has 2 aromatic carbocycles. The molecule has 3 rings (SSSR count). The molecule has 2 aromatic rings. The number of rotatable bonds is 3. The minimum Gasteiger partial charge on any atom is -0.273 e. The minimum absolute atomic E-state index is 0.112. The van der Waals surface area contributed by atoms with Crippen LogP contribution in [0.15, 0.2) is 52.5 Å². The van der Waals surface area contributed by atoms with Crippen LogP contribution in [0.5, 0.6) is 0 Å². The zero-order chi connectivity index (χ0) is 19.7. The molecule has 1 N–H and O–H groups in total. The van der Waals surface area contributed by atoms with E-state index in [0.717, 1.165) is 14.9 Å². The van der Waals surface area contributed by atoms with Crippen LogP contribution in [0.25, 0.3) is 6.08 Å². The van der Waals surface area contributed by atoms with Gasteiger partial charge in [-0.2, -0.15) is 0 Å². The molecule has 0 bridgehead atoms. The van der Waals surface area contributed by atoms with Crippen molar-refractivity contribution in [1.29, 1.82) is 0 Å². The first-order valence-electron chi connectivity index (χ1n) is 7.70. The molecule has 27 heavy (non-hydrogen) atoms. The fraction of sp³-hybridized carbons (Fsp3) is 0.0556. The predicted molar refractivity (Wildman–Crippen MR) is 101 cm³/mol. The van der Waals surface area contributed by atoms with Gasteiger partial charge in [-0.25, -0.2) is 9.69 Å². The van der Waals surface area contributed by atoms with Gasteiger partial charge in [-0.15, -0.1) is 0 Å². The summed E-state index contributed by atoms with van der Waals surface area (Å²) in [4.78, 5) is 48.1. The Morgan fingerprint density at radius 2 is 1.78 bits per heavy atom. The zero-order valence-corrected chi connectivity index (χ0v) is 15.5. The molecule has 8 nitrogen and oxygen atoms in total. The monoisotopic (exact) mass is 429 g/mol. The molecule has 0 aromatic heterocycles. The number of nitrogens with zero attached hydrogens (tertiary/aromatic N) is 2. The van der Waals surface area contributed by atoms with Gasteiger partial charge >= 0.3 is 6.03 Å². The number of urea groups is 1. The molecule has 4 amide bonds. The second-order valence-electron chi connectivity index (χ2n) is 5.74. The predicted octanol–water partition coefficient (Wildman–Crippen LogP) is 3.33. The molecule has 0 spiro atoms. The van der Waals surface area contributed by atoms with Gasteiger partial charge in [0.15, 0.2) is 0 Å². The number of nitrogens with one attached hydrogen (secondary N) is 1. The maximum atomic E-state index is 12.8. The van der Waals surface area contributed by atoms with Crippen molar-refractivity contribution < 1.29 is 19.3 Å². The van der Waals surface area contributed by atoms with Crippen LogP contribution in [0.3, 0.4) is 0 Å². The summed E-state index contributed by atoms with van der Waals surface area (Å²) in [5, 5.41) is 12.8. The van der Waals surface area contributed by atoms with Crippen molar-refractivity contribution in [2.45, 2.75) is 6.92 Å². The fourth-order valence-corrected chi connectivity index (χ4v) is 2.77. The maximum absolute atomic E-state index is 12.8. The largest absolute Gasteiger partial charge is 0.335 e. The number of anilines is 1. The van der Waals surface area contributed by atoms with Crippen molar-refractivity contribution in [2.24, 2.45) is 0 Å². The van der Waals surface area contributed by atoms with Gasteiger partial charge in [0.2, 0.25) is 0 Å². The second-order valence-corrected chi connectivity index (χ2v) is 6.59. The second kappa shape index (κ2) is 7.12. The van der Waals surface area contributed by atoms with E-state index in [-0.39, 0.29) is 11.3 Å². The number of amides is 4. The number of carbonyl (C=O) groups is 3. The van der Waals surface area contributed by atoms with E-state index in [4.69, 9.17) is 0 Å². The molecule has 1 saturated heterocycles. The average molecular weight is 430 g/mol. The van der Waals surface area contributed by atoms with Crippen molar-refractivity contribution >= 4 is 51.2 Å². The molecule has 1 heterocycles. The summed E-state index contributed by atoms with van der Waals surface area (Å²) in [5.74, 6) is -1.60. The van der Waals surface area contributed by atoms with Crippen molar-refractivity contribution in [3.63, 3.8) is 0 Å². The van der Waals surface area contributed by atoms with Gasteiger partial charge in [0.25, 0.3) is 17.5 Å². The number of barbiturate groups is 1. The van der Waals surface area contributed by atoms with E-state index < -0.39 is 22.8 Å². The number of benzene rings is 2. The van der Waals surface area contributed by atoms with Crippen molar-refractivity contribution in [2.75, 3.05) is 4.90 Å². The highest BCUT2D eigenvalue weighted by Crippen LogP contribution is 2.26. The third-order valence-electron chi connectivity index (χ3n) is 3.92. The minimum atomic E-state index is -0.840. The van der Waals surface area contributed by atoms with E-state index >= 15 is 0 Å². The van der Waals surface area contributed by atoms with E-state index in [1.165, 1.54) is 30.3 Å². The summed E-state index contributed by atoms with van der Waals surface area (Å²) in [7, 11) is 0. The van der Waals surface area contributed by atoms with Gasteiger partial charge in [-0.05, 0) is 54.5 Å². The van der Waals surface area contributed by atoms with E-state index in [2.05, 4.69) is 21.2 Å². The molecular formula is C18H12BrN3O5. The van der Waals surface area contributed by atoms with Gasteiger partial charge < -0.3 is 0 Å². The lowest BCUT2D eigenvalue weighted by atomic mass is 10.1. The van der Waals surface area contributed by atoms with Crippen molar-refractivity contribution in [3.05, 3.63) is 73.8 Å². The first-order chi connectivity index (χ1) is 12.8. The van der Waals surface area contributed by atoms with Gasteiger partial charge in [0.1, 0.15) is 5.57 Å². The highest BCUT2D eigenvalue weighted by molar-refractivity contribution is 9.10. The molecule has 1 aliphatic rings. The summed E-state index contributed by atoms with van der Waals surface area (Å²) in [6, 6.07) is 9.42. The molecular weight excluding hydrogens is 418 g/mol. The summed E-state index contributed by atoms with van der Waals surface area (Å²) < 4.78 is 0.814. The molecule has 9 heteroatoms. The van der Waals surface area contributed by atoms with Gasteiger partial charge in [-0.1, -0.05) is 15.9 Å². The topological polar surface area (TPSA) is 110 Å². The smallest absolute Gasteiger partial charge is 0.273 e. The maximum Gasteiger partial charge on any atom is 0.335 e. The highest BCUT2D eigenvalue weighted by atomic mass is 79.9. The quantitative estimate of drug-likeness (QED) is 0.348. The fourth-order valence-electron chi connectivity index (χ4n) is 2.52. The molecule has 0 aliphatic carbocycles. The molecule has 0 radical (unpaired) electrons. The van der Waals surface area contributed by atoms with Crippen LogP contribution >= 0.6 is 15.9 Å². The average Bonchev–Trinajstić information content (AvgIpc) is 2.62. The number of carbonyl (C=O) groups excluding carboxylic acids is 3. The zero-order valence-electron chi connectivity index (χ0n) is 13.9. The Kier molecular flexibility index (Phi) is 4.87. The van der Waals surface area contributed by atoms with Gasteiger partial charge in [0.05, 0.1) is 10.6 Å². The molecule has 136 valence electrons. The molecule has 0 atom stereocenters. The van der Waals surface area contributed by atoms with Crippen molar-refractivity contribution in [1.82, 2.24) is 5.32 Å². The van der Waals surface area contributed by atoms with E-state index in [1.807, 2.05) is 0 Å². The number of hydrogen-bond donors (Lipinski definition) is 1. The summed E-state index contributed by atoms with van der Waals surface area (Å²) in [6.07, 6.45) is 1.28. The van der Waals surface area contributed by atoms with Crippen LogP contribution in [0, 0.1) is 17.0 Å². The SMILES string of the molecule is Cc1cc(N2C(=O)NC(=O)/C(=C\c3ccc([N+](=O)[O-])cc3)C2=O)ccc1Br. The van der Waals surface area contributed by atoms with Gasteiger partial charge in [-0.3, -0.25) is 25.0 Å². The lowest BCUT2D eigenvalue weighted by molar-refractivity contribution is -0.384. The normalized spacial score (nSPS) is 15.9. The van der Waals surface area contributed by atoms with Crippen LogP contribution in [0.4, 0.5) is 16.2 Å². The number of halogens is 1. The molecule has 1 aliphatic heterocycles. The standard InChI is InChI=1S/C18H12BrN3O5/c1-10-8-13(6-7-15(10)19)21-17(24)14(16(23)20-18(21)25)9-11-2-4-12(5-3-11)22(26)27/h2-9H,1H3,(H,20,23,25)/b14-9+. The van der Waals surface area contributed by atoms with E-state index in [1.54, 1.807) is 25.1 Å². The van der Waals surface area contributed by atoms with E-state index in [0.29, 0.717) is 11.3 Å². The van der Waals surface area contributed by atoms with Crippen LogP contribution in [0.2, 0.25) is 0 Å². The van der Waals surface area contributed by atoms with Crippen LogP contribution < -0.4 is 10.2 Å². The molecule has 0 saturated carbocycles. The number of nitro groups is 1. The first-order valence-corrected chi connectivity index (χ1v) is 8.49. The summed E-state index contributed by atoms with van der Waals surface area (Å²) >= 11 is 3.35. The summed E-state index contributed by atoms with van der Waals surface area (Å²) in [6.45, 7) is 1.80. The number of hydrogen-bond acceptors (Lipinski definition) is 5. The van der Waals surface area contributed by atoms with Crippen LogP contribution in [0.1, 0.15) is 11.1 Å². The van der Waals surface area contributed by atoms with Crippen molar-refractivity contribution in [3.8, 4) is 0 Å². The van der Waals surface area contributed by atoms with Gasteiger partial charge in [0, 0.05) is 16.6 Å². The Hall–Kier alpha value is -3.33. The molecule has 0 unspecified atom stereocenters. The Morgan fingerprint density at radius 3 is 2.37 bits per heavy atom. The number of nitro benzene ring substituents is 1. The van der Waals surface area contributed by atoms with E-state index in [9.17, 15) is 24.5 Å². The highest BCUT2D eigenvalue weighted by Gasteiger charge is 2.36. The summed E-state index contributed by atoms with van der Waals surface area (Å²) in [5.41, 5.74) is 1.19. The lowest BCUT2D eigenvalue weighted by Crippen LogP contribution is -2.54. The number of imide groups is 2. The van der Waals surface area contributed by atoms with Crippen LogP contribution in [-0.2, 0) is 9.59 Å². The Bertz CT molecular complexity index is 1010. The Balaban J connectivity index is 1.99. The number of aryl methyl sites for hydroxylation is 1. The van der Waals surface area contributed by atoms with Crippen LogP contribution in [-0.4, -0.2) is 22.8 Å². The third kappa shape index (κ3) is 3.63.